The van der Waals surface area contributed by atoms with Crippen LogP contribution >= 0.6 is 11.6 Å². The first-order chi connectivity index (χ1) is 17.0. The zero-order valence-corrected chi connectivity index (χ0v) is 20.7. The lowest BCUT2D eigenvalue weighted by Crippen LogP contribution is -2.44. The normalized spacial score (nSPS) is 13.9. The Kier molecular flexibility index (Phi) is 8.32. The van der Waals surface area contributed by atoms with E-state index in [1.165, 1.54) is 0 Å². The van der Waals surface area contributed by atoms with Gasteiger partial charge in [0.2, 0.25) is 5.91 Å². The molecule has 1 aromatic heterocycles. The van der Waals surface area contributed by atoms with Gasteiger partial charge in [-0.25, -0.2) is 0 Å². The largest absolute Gasteiger partial charge is 0.353 e. The molecule has 0 N–H and O–H groups in total. The monoisotopic (exact) mass is 491 g/mol. The van der Waals surface area contributed by atoms with E-state index in [1.807, 2.05) is 54.3 Å². The summed E-state index contributed by atoms with van der Waals surface area (Å²) in [4.78, 5) is 31.8. The number of hydrogen-bond acceptors (Lipinski definition) is 5. The van der Waals surface area contributed by atoms with Crippen LogP contribution in [0.15, 0.2) is 66.7 Å². The Bertz CT molecular complexity index is 1120. The third-order valence-corrected chi connectivity index (χ3v) is 6.34. The highest BCUT2D eigenvalue weighted by Gasteiger charge is 2.24. The summed E-state index contributed by atoms with van der Waals surface area (Å²) in [6.07, 6.45) is 1.60. The Morgan fingerprint density at radius 1 is 0.914 bits per heavy atom. The second-order valence-electron chi connectivity index (χ2n) is 8.60. The van der Waals surface area contributed by atoms with E-state index in [0.29, 0.717) is 36.8 Å². The fraction of sp³-hybridized carbons (Fsp3) is 0.333. The molecule has 4 rings (SSSR count). The molecule has 1 fully saturated rings. The minimum atomic E-state index is -0.151. The van der Waals surface area contributed by atoms with Crippen LogP contribution in [0.3, 0.4) is 0 Å². The average Bonchev–Trinajstić information content (AvgIpc) is 3.16. The molecule has 182 valence electrons. The number of halogens is 1. The third-order valence-electron chi connectivity index (χ3n) is 6.09. The molecule has 0 radical (unpaired) electrons. The SMILES string of the molecule is CCCN(CC(=O)N1CCCN(c2ccc(-c3ccccc3)nn2)CC1)C(=O)c1ccc(Cl)cc1. The van der Waals surface area contributed by atoms with Crippen molar-refractivity contribution in [2.75, 3.05) is 44.2 Å². The van der Waals surface area contributed by atoms with E-state index in [1.54, 1.807) is 29.2 Å². The zero-order chi connectivity index (χ0) is 24.6. The van der Waals surface area contributed by atoms with Crippen LogP contribution in [0.4, 0.5) is 5.82 Å². The van der Waals surface area contributed by atoms with Gasteiger partial charge in [0, 0.05) is 48.9 Å². The van der Waals surface area contributed by atoms with Crippen molar-refractivity contribution < 1.29 is 9.59 Å². The molecule has 0 spiro atoms. The summed E-state index contributed by atoms with van der Waals surface area (Å²) in [5, 5.41) is 9.41. The van der Waals surface area contributed by atoms with Crippen molar-refractivity contribution in [2.45, 2.75) is 19.8 Å². The molecule has 35 heavy (non-hydrogen) atoms. The predicted octanol–water partition coefficient (Wildman–Crippen LogP) is 4.39. The molecule has 8 heteroatoms. The molecule has 2 heterocycles. The maximum Gasteiger partial charge on any atom is 0.254 e. The van der Waals surface area contributed by atoms with Crippen molar-refractivity contribution in [3.05, 3.63) is 77.3 Å². The van der Waals surface area contributed by atoms with Gasteiger partial charge in [0.15, 0.2) is 5.82 Å². The Morgan fingerprint density at radius 2 is 1.69 bits per heavy atom. The molecule has 0 bridgehead atoms. The van der Waals surface area contributed by atoms with Crippen molar-refractivity contribution in [1.82, 2.24) is 20.0 Å². The van der Waals surface area contributed by atoms with E-state index in [0.717, 1.165) is 36.5 Å². The topological polar surface area (TPSA) is 69.6 Å². The van der Waals surface area contributed by atoms with Crippen molar-refractivity contribution in [1.29, 1.82) is 0 Å². The summed E-state index contributed by atoms with van der Waals surface area (Å²) in [5.41, 5.74) is 2.40. The summed E-state index contributed by atoms with van der Waals surface area (Å²) in [6.45, 7) is 5.30. The molecule has 0 atom stereocenters. The van der Waals surface area contributed by atoms with Gasteiger partial charge in [0.25, 0.3) is 5.91 Å². The number of carbonyl (C=O) groups is 2. The summed E-state index contributed by atoms with van der Waals surface area (Å²) >= 11 is 5.95. The Morgan fingerprint density at radius 3 is 2.37 bits per heavy atom. The van der Waals surface area contributed by atoms with Gasteiger partial charge in [-0.05, 0) is 49.2 Å². The molecule has 0 saturated carbocycles. The molecular formula is C27H30ClN5O2. The Hall–Kier alpha value is -3.45. The van der Waals surface area contributed by atoms with E-state index in [4.69, 9.17) is 11.6 Å². The van der Waals surface area contributed by atoms with E-state index in [-0.39, 0.29) is 18.4 Å². The lowest BCUT2D eigenvalue weighted by atomic mass is 10.1. The molecule has 0 unspecified atom stereocenters. The number of carbonyl (C=O) groups excluding carboxylic acids is 2. The van der Waals surface area contributed by atoms with Gasteiger partial charge >= 0.3 is 0 Å². The van der Waals surface area contributed by atoms with Crippen molar-refractivity contribution in [3.8, 4) is 11.3 Å². The molecule has 0 aliphatic carbocycles. The standard InChI is InChI=1S/C27H30ClN5O2/c1-2-15-33(27(35)22-9-11-23(28)12-10-22)20-26(34)32-17-6-16-31(18-19-32)25-14-13-24(29-30-25)21-7-4-3-5-8-21/h3-5,7-14H,2,6,15-20H2,1H3. The number of rotatable bonds is 7. The molecule has 3 aromatic rings. The molecule has 2 aromatic carbocycles. The summed E-state index contributed by atoms with van der Waals surface area (Å²) in [7, 11) is 0. The lowest BCUT2D eigenvalue weighted by Gasteiger charge is -2.27. The van der Waals surface area contributed by atoms with Gasteiger partial charge in [0.05, 0.1) is 5.69 Å². The number of aromatic nitrogens is 2. The van der Waals surface area contributed by atoms with Gasteiger partial charge in [-0.2, -0.15) is 0 Å². The summed E-state index contributed by atoms with van der Waals surface area (Å²) in [5.74, 6) is 0.625. The highest BCUT2D eigenvalue weighted by Crippen LogP contribution is 2.19. The summed E-state index contributed by atoms with van der Waals surface area (Å²) in [6, 6.07) is 20.7. The van der Waals surface area contributed by atoms with Gasteiger partial charge in [0.1, 0.15) is 6.54 Å². The molecule has 7 nitrogen and oxygen atoms in total. The van der Waals surface area contributed by atoms with E-state index in [2.05, 4.69) is 15.1 Å². The van der Waals surface area contributed by atoms with Crippen molar-refractivity contribution in [3.63, 3.8) is 0 Å². The van der Waals surface area contributed by atoms with Crippen LogP contribution in [-0.2, 0) is 4.79 Å². The number of nitrogens with zero attached hydrogens (tertiary/aromatic N) is 5. The maximum absolute atomic E-state index is 13.1. The van der Waals surface area contributed by atoms with Crippen LogP contribution in [0.2, 0.25) is 5.02 Å². The van der Waals surface area contributed by atoms with Crippen LogP contribution in [-0.4, -0.2) is 71.1 Å². The molecular weight excluding hydrogens is 462 g/mol. The van der Waals surface area contributed by atoms with E-state index >= 15 is 0 Å². The lowest BCUT2D eigenvalue weighted by molar-refractivity contribution is -0.131. The first-order valence-corrected chi connectivity index (χ1v) is 12.4. The number of amides is 2. The van der Waals surface area contributed by atoms with E-state index < -0.39 is 0 Å². The smallest absolute Gasteiger partial charge is 0.254 e. The average molecular weight is 492 g/mol. The number of benzene rings is 2. The molecule has 2 amide bonds. The second-order valence-corrected chi connectivity index (χ2v) is 9.03. The van der Waals surface area contributed by atoms with Crippen LogP contribution in [0.25, 0.3) is 11.3 Å². The van der Waals surface area contributed by atoms with Crippen molar-refractivity contribution in [2.24, 2.45) is 0 Å². The highest BCUT2D eigenvalue weighted by molar-refractivity contribution is 6.30. The quantitative estimate of drug-likeness (QED) is 0.490. The Labute approximate surface area is 211 Å². The van der Waals surface area contributed by atoms with Gasteiger partial charge in [-0.3, -0.25) is 9.59 Å². The van der Waals surface area contributed by atoms with Gasteiger partial charge in [-0.1, -0.05) is 48.9 Å². The summed E-state index contributed by atoms with van der Waals surface area (Å²) < 4.78 is 0. The fourth-order valence-corrected chi connectivity index (χ4v) is 4.34. The first-order valence-electron chi connectivity index (χ1n) is 12.0. The van der Waals surface area contributed by atoms with Gasteiger partial charge < -0.3 is 14.7 Å². The highest BCUT2D eigenvalue weighted by atomic mass is 35.5. The fourth-order valence-electron chi connectivity index (χ4n) is 4.21. The zero-order valence-electron chi connectivity index (χ0n) is 19.9. The van der Waals surface area contributed by atoms with Gasteiger partial charge in [-0.15, -0.1) is 10.2 Å². The van der Waals surface area contributed by atoms with E-state index in [9.17, 15) is 9.59 Å². The van der Waals surface area contributed by atoms with Crippen LogP contribution in [0.5, 0.6) is 0 Å². The predicted molar refractivity (Wildman–Crippen MR) is 139 cm³/mol. The second kappa shape index (κ2) is 11.8. The Balaban J connectivity index is 1.36. The molecule has 1 saturated heterocycles. The van der Waals surface area contributed by atoms with Crippen LogP contribution < -0.4 is 4.90 Å². The third kappa shape index (κ3) is 6.36. The first kappa shape index (κ1) is 24.7. The molecule has 1 aliphatic rings. The van der Waals surface area contributed by atoms with Crippen LogP contribution in [0.1, 0.15) is 30.1 Å². The number of anilines is 1. The minimum Gasteiger partial charge on any atom is -0.353 e. The molecule has 1 aliphatic heterocycles. The minimum absolute atomic E-state index is 0.0341. The van der Waals surface area contributed by atoms with Crippen molar-refractivity contribution >= 4 is 29.2 Å². The number of hydrogen-bond donors (Lipinski definition) is 0. The van der Waals surface area contributed by atoms with Crippen LogP contribution in [0, 0.1) is 0 Å². The maximum atomic E-state index is 13.1.